The maximum Gasteiger partial charge on any atom is 0.305 e. The Morgan fingerprint density at radius 1 is 0.912 bits per heavy atom. The number of aliphatic carboxylic acids is 1. The van der Waals surface area contributed by atoms with Gasteiger partial charge in [0.05, 0.1) is 18.8 Å². The molecule has 19 nitrogen and oxygen atoms in total. The summed E-state index contributed by atoms with van der Waals surface area (Å²) in [5, 5.41) is 23.2. The van der Waals surface area contributed by atoms with Crippen LogP contribution in [0.15, 0.2) is 35.5 Å². The molecule has 1 aromatic carbocycles. The summed E-state index contributed by atoms with van der Waals surface area (Å²) in [6, 6.07) is 1.15. The molecule has 0 unspecified atom stereocenters. The molecule has 2 aromatic rings. The minimum atomic E-state index is -1.67. The van der Waals surface area contributed by atoms with Crippen LogP contribution >= 0.6 is 21.6 Å². The smallest absolute Gasteiger partial charge is 0.305 e. The molecule has 11 N–H and O–H groups in total. The van der Waals surface area contributed by atoms with E-state index in [9.17, 15) is 43.5 Å². The van der Waals surface area contributed by atoms with Crippen molar-refractivity contribution < 1.29 is 43.5 Å². The van der Waals surface area contributed by atoms with Crippen LogP contribution in [0.1, 0.15) is 57.4 Å². The zero-order valence-electron chi connectivity index (χ0n) is 31.5. The largest absolute Gasteiger partial charge is 0.481 e. The minimum absolute atomic E-state index is 0.00294. The SMILES string of the molecule is CC(N)=NCCCC[C@@H]1NC(=O)CCSSC[C@@H](C(N)=O)NC(=O)[C@@H]2CCCN2C(=O)[C@H](Cc2c[nH]c3ccccc23)NC(=O)[C@H](CC(=O)O)NC(=O)CNC1=O. The van der Waals surface area contributed by atoms with E-state index in [4.69, 9.17) is 11.5 Å². The lowest BCUT2D eigenvalue weighted by Gasteiger charge is -2.30. The van der Waals surface area contributed by atoms with Gasteiger partial charge in [-0.05, 0) is 50.7 Å². The fourth-order valence-electron chi connectivity index (χ4n) is 6.44. The first-order valence-electron chi connectivity index (χ1n) is 18.6. The van der Waals surface area contributed by atoms with Gasteiger partial charge < -0.3 is 53.0 Å². The Balaban J connectivity index is 1.61. The molecule has 0 bridgehead atoms. The number of carboxylic acid groups (broad SMARTS) is 1. The minimum Gasteiger partial charge on any atom is -0.481 e. The van der Waals surface area contributed by atoms with E-state index in [1.807, 2.05) is 18.2 Å². The molecule has 2 aliphatic heterocycles. The number of aromatic amines is 1. The predicted molar refractivity (Wildman–Crippen MR) is 214 cm³/mol. The molecule has 2 fully saturated rings. The van der Waals surface area contributed by atoms with E-state index < -0.39 is 90.5 Å². The molecular weight excluding hydrogens is 781 g/mol. The van der Waals surface area contributed by atoms with E-state index >= 15 is 0 Å². The fourth-order valence-corrected chi connectivity index (χ4v) is 8.61. The number of rotatable bonds is 10. The number of aliphatic imine (C=N–C) groups is 1. The zero-order valence-corrected chi connectivity index (χ0v) is 33.2. The van der Waals surface area contributed by atoms with Gasteiger partial charge in [-0.3, -0.25) is 43.3 Å². The third kappa shape index (κ3) is 13.7. The second kappa shape index (κ2) is 21.8. The van der Waals surface area contributed by atoms with Crippen molar-refractivity contribution >= 4 is 85.6 Å². The molecule has 3 heterocycles. The normalized spacial score (nSPS) is 24.1. The van der Waals surface area contributed by atoms with Gasteiger partial charge in [0.1, 0.15) is 30.2 Å². The molecule has 57 heavy (non-hydrogen) atoms. The first kappa shape index (κ1) is 44.4. The number of nitrogens with zero attached hydrogens (tertiary/aromatic N) is 2. The summed E-state index contributed by atoms with van der Waals surface area (Å²) in [6.07, 6.45) is 2.70. The number of carboxylic acids is 1. The Labute approximate surface area is 336 Å². The average molecular weight is 831 g/mol. The average Bonchev–Trinajstić information content (AvgIpc) is 3.82. The van der Waals surface area contributed by atoms with Crippen LogP contribution in [0.25, 0.3) is 10.9 Å². The van der Waals surface area contributed by atoms with Crippen molar-refractivity contribution in [2.24, 2.45) is 16.5 Å². The molecular formula is C36H50N10O9S2. The van der Waals surface area contributed by atoms with Crippen LogP contribution in [0.2, 0.25) is 0 Å². The van der Waals surface area contributed by atoms with Gasteiger partial charge in [0, 0.05) is 54.5 Å². The van der Waals surface area contributed by atoms with Crippen LogP contribution in [0, 0.1) is 0 Å². The molecule has 5 atom stereocenters. The lowest BCUT2D eigenvalue weighted by Crippen LogP contribution is -2.59. The van der Waals surface area contributed by atoms with Gasteiger partial charge in [0.2, 0.25) is 41.4 Å². The summed E-state index contributed by atoms with van der Waals surface area (Å²) in [7, 11) is 2.47. The van der Waals surface area contributed by atoms with E-state index in [2.05, 4.69) is 36.6 Å². The molecule has 4 rings (SSSR count). The highest BCUT2D eigenvalue weighted by Gasteiger charge is 2.40. The van der Waals surface area contributed by atoms with Gasteiger partial charge in [0.25, 0.3) is 0 Å². The second-order valence-corrected chi connectivity index (χ2v) is 16.3. The molecule has 1 aromatic heterocycles. The number of hydrogen-bond donors (Lipinski definition) is 9. The number of aromatic nitrogens is 1. The van der Waals surface area contributed by atoms with Crippen molar-refractivity contribution in [3.8, 4) is 0 Å². The van der Waals surface area contributed by atoms with E-state index in [0.717, 1.165) is 10.9 Å². The molecule has 21 heteroatoms. The van der Waals surface area contributed by atoms with Crippen LogP contribution in [-0.2, 0) is 44.8 Å². The number of unbranched alkanes of at least 4 members (excludes halogenated alkanes) is 1. The number of hydrogen-bond acceptors (Lipinski definition) is 11. The summed E-state index contributed by atoms with van der Waals surface area (Å²) in [5.74, 6) is -5.73. The van der Waals surface area contributed by atoms with Crippen molar-refractivity contribution in [3.05, 3.63) is 36.0 Å². The maximum atomic E-state index is 14.3. The van der Waals surface area contributed by atoms with Crippen LogP contribution in [-0.4, -0.2) is 129 Å². The van der Waals surface area contributed by atoms with Crippen molar-refractivity contribution in [2.45, 2.75) is 88.5 Å². The number of amides is 7. The molecule has 2 aliphatic rings. The molecule has 7 amide bonds. The van der Waals surface area contributed by atoms with Crippen molar-refractivity contribution in [1.82, 2.24) is 36.5 Å². The van der Waals surface area contributed by atoms with Crippen LogP contribution < -0.4 is 38.1 Å². The molecule has 0 aliphatic carbocycles. The highest BCUT2D eigenvalue weighted by molar-refractivity contribution is 8.76. The van der Waals surface area contributed by atoms with Gasteiger partial charge in [-0.1, -0.05) is 39.8 Å². The van der Waals surface area contributed by atoms with Crippen LogP contribution in [0.4, 0.5) is 0 Å². The third-order valence-electron chi connectivity index (χ3n) is 9.31. The Hall–Kier alpha value is -5.31. The van der Waals surface area contributed by atoms with E-state index in [1.54, 1.807) is 19.2 Å². The monoisotopic (exact) mass is 830 g/mol. The summed E-state index contributed by atoms with van der Waals surface area (Å²) in [6.45, 7) is 1.56. The second-order valence-electron chi connectivity index (χ2n) is 13.7. The number of nitrogens with one attached hydrogen (secondary N) is 6. The van der Waals surface area contributed by atoms with Crippen molar-refractivity contribution in [3.63, 3.8) is 0 Å². The van der Waals surface area contributed by atoms with Crippen molar-refractivity contribution in [2.75, 3.05) is 31.1 Å². The maximum absolute atomic E-state index is 14.3. The number of carbonyl (C=O) groups excluding carboxylic acids is 7. The van der Waals surface area contributed by atoms with Crippen LogP contribution in [0.5, 0.6) is 0 Å². The Morgan fingerprint density at radius 2 is 1.67 bits per heavy atom. The highest BCUT2D eigenvalue weighted by Crippen LogP contribution is 2.25. The van der Waals surface area contributed by atoms with Crippen LogP contribution in [0.3, 0.4) is 0 Å². The van der Waals surface area contributed by atoms with E-state index in [1.165, 1.54) is 26.5 Å². The number of para-hydroxylation sites is 1. The number of carbonyl (C=O) groups is 8. The van der Waals surface area contributed by atoms with E-state index in [0.29, 0.717) is 37.2 Å². The molecule has 0 spiro atoms. The number of primary amides is 1. The standard InChI is InChI=1S/C36H50N10O9S2/c1-20(37)39-12-5-4-9-24-33(52)41-18-30(48)43-25(16-31(49)50)34(53)44-26(15-21-17-40-23-8-3-2-7-22(21)23)36(55)46-13-6-10-28(46)35(54)45-27(32(38)51)19-57-56-14-11-29(47)42-24/h2-3,7-8,17,24-28,40H,4-6,9-16,18-19H2,1H3,(H2,37,39)(H2,38,51)(H,41,52)(H,42,47)(H,43,48)(H,44,53)(H,45,54)(H,49,50)/t24-,25-,26-,27-,28-/m0/s1. The topological polar surface area (TPSA) is 300 Å². The Morgan fingerprint density at radius 3 is 2.40 bits per heavy atom. The predicted octanol–water partition coefficient (Wildman–Crippen LogP) is -0.951. The van der Waals surface area contributed by atoms with Gasteiger partial charge in [-0.2, -0.15) is 0 Å². The highest BCUT2D eigenvalue weighted by atomic mass is 33.1. The Bertz CT molecular complexity index is 1840. The zero-order chi connectivity index (χ0) is 41.5. The number of benzene rings is 1. The van der Waals surface area contributed by atoms with Gasteiger partial charge in [0.15, 0.2) is 0 Å². The summed E-state index contributed by atoms with van der Waals surface area (Å²) in [4.78, 5) is 114. The van der Waals surface area contributed by atoms with Gasteiger partial charge in [-0.25, -0.2) is 0 Å². The number of amidine groups is 1. The Kier molecular flexibility index (Phi) is 17.0. The fraction of sp³-hybridized carbons (Fsp3) is 0.528. The van der Waals surface area contributed by atoms with Crippen molar-refractivity contribution in [1.29, 1.82) is 0 Å². The first-order valence-corrected chi connectivity index (χ1v) is 21.1. The summed E-state index contributed by atoms with van der Waals surface area (Å²) < 4.78 is 0. The number of fused-ring (bicyclic) bond motifs is 2. The quantitative estimate of drug-likeness (QED) is 0.0606. The lowest BCUT2D eigenvalue weighted by atomic mass is 10.0. The number of nitrogens with two attached hydrogens (primary N) is 2. The number of H-pyrrole nitrogens is 1. The molecule has 310 valence electrons. The third-order valence-corrected chi connectivity index (χ3v) is 11.7. The molecule has 2 saturated heterocycles. The molecule has 0 radical (unpaired) electrons. The lowest BCUT2D eigenvalue weighted by molar-refractivity contribution is -0.143. The first-order chi connectivity index (χ1) is 27.2. The van der Waals surface area contributed by atoms with Gasteiger partial charge in [-0.15, -0.1) is 0 Å². The van der Waals surface area contributed by atoms with E-state index in [-0.39, 0.29) is 43.7 Å². The summed E-state index contributed by atoms with van der Waals surface area (Å²) >= 11 is 0. The molecule has 0 saturated carbocycles. The summed E-state index contributed by atoms with van der Waals surface area (Å²) in [5.41, 5.74) is 12.6. The van der Waals surface area contributed by atoms with Gasteiger partial charge >= 0.3 is 5.97 Å².